The first kappa shape index (κ1) is 13.3. The van der Waals surface area contributed by atoms with Gasteiger partial charge in [0.05, 0.1) is 4.92 Å². The first-order chi connectivity index (χ1) is 8.66. The first-order valence-electron chi connectivity index (χ1n) is 6.08. The van der Waals surface area contributed by atoms with Gasteiger partial charge in [-0.2, -0.15) is 0 Å². The Kier molecular flexibility index (Phi) is 4.54. The van der Waals surface area contributed by atoms with Gasteiger partial charge in [-0.25, -0.2) is 0 Å². The number of nitro groups is 1. The van der Waals surface area contributed by atoms with Gasteiger partial charge < -0.3 is 10.6 Å². The SMILES string of the molecule is O=[N+]([O-])c1ccc(NC2CCCCNC2)c(Br)c1. The second kappa shape index (κ2) is 6.15. The number of hydrogen-bond acceptors (Lipinski definition) is 4. The van der Waals surface area contributed by atoms with E-state index >= 15 is 0 Å². The molecule has 1 unspecified atom stereocenters. The Hall–Kier alpha value is -1.14. The molecule has 0 radical (unpaired) electrons. The summed E-state index contributed by atoms with van der Waals surface area (Å²) in [4.78, 5) is 10.3. The van der Waals surface area contributed by atoms with E-state index in [9.17, 15) is 10.1 Å². The van der Waals surface area contributed by atoms with Crippen molar-refractivity contribution in [3.8, 4) is 0 Å². The third-order valence-corrected chi connectivity index (χ3v) is 3.73. The van der Waals surface area contributed by atoms with Gasteiger partial charge in [0, 0.05) is 34.9 Å². The van der Waals surface area contributed by atoms with Gasteiger partial charge in [-0.1, -0.05) is 6.42 Å². The summed E-state index contributed by atoms with van der Waals surface area (Å²) < 4.78 is 0.737. The van der Waals surface area contributed by atoms with Gasteiger partial charge in [0.2, 0.25) is 0 Å². The first-order valence-corrected chi connectivity index (χ1v) is 6.87. The summed E-state index contributed by atoms with van der Waals surface area (Å²) in [6.07, 6.45) is 3.53. The summed E-state index contributed by atoms with van der Waals surface area (Å²) in [5.74, 6) is 0. The molecule has 5 nitrogen and oxygen atoms in total. The maximum absolute atomic E-state index is 10.7. The zero-order chi connectivity index (χ0) is 13.0. The lowest BCUT2D eigenvalue weighted by Crippen LogP contribution is -2.31. The van der Waals surface area contributed by atoms with Gasteiger partial charge in [0.1, 0.15) is 0 Å². The maximum atomic E-state index is 10.7. The number of nitrogens with one attached hydrogen (secondary N) is 2. The number of benzene rings is 1. The van der Waals surface area contributed by atoms with Gasteiger partial charge in [-0.3, -0.25) is 10.1 Å². The molecule has 0 amide bonds. The van der Waals surface area contributed by atoms with E-state index in [1.54, 1.807) is 6.07 Å². The van der Waals surface area contributed by atoms with E-state index in [2.05, 4.69) is 26.6 Å². The van der Waals surface area contributed by atoms with Crippen LogP contribution in [0, 0.1) is 10.1 Å². The summed E-state index contributed by atoms with van der Waals surface area (Å²) in [6.45, 7) is 2.00. The van der Waals surface area contributed by atoms with Crippen molar-refractivity contribution in [3.05, 3.63) is 32.8 Å². The fourth-order valence-electron chi connectivity index (χ4n) is 2.10. The molecular weight excluding hydrogens is 298 g/mol. The van der Waals surface area contributed by atoms with Crippen LogP contribution in [0.25, 0.3) is 0 Å². The predicted molar refractivity (Wildman–Crippen MR) is 74.9 cm³/mol. The van der Waals surface area contributed by atoms with Crippen LogP contribution in [-0.2, 0) is 0 Å². The average Bonchev–Trinajstić information content (AvgIpc) is 2.60. The van der Waals surface area contributed by atoms with Crippen LogP contribution in [0.1, 0.15) is 19.3 Å². The van der Waals surface area contributed by atoms with Gasteiger partial charge in [-0.15, -0.1) is 0 Å². The van der Waals surface area contributed by atoms with E-state index in [-0.39, 0.29) is 10.6 Å². The summed E-state index contributed by atoms with van der Waals surface area (Å²) in [5, 5.41) is 17.5. The highest BCUT2D eigenvalue weighted by atomic mass is 79.9. The van der Waals surface area contributed by atoms with Gasteiger partial charge in [0.25, 0.3) is 5.69 Å². The normalized spacial score (nSPS) is 20.2. The minimum atomic E-state index is -0.387. The Morgan fingerprint density at radius 1 is 1.44 bits per heavy atom. The molecule has 1 heterocycles. The van der Waals surface area contributed by atoms with Crippen LogP contribution in [0.5, 0.6) is 0 Å². The molecule has 1 fully saturated rings. The number of rotatable bonds is 3. The van der Waals surface area contributed by atoms with Crippen molar-refractivity contribution in [2.75, 3.05) is 18.4 Å². The molecule has 0 spiro atoms. The van der Waals surface area contributed by atoms with Crippen LogP contribution in [-0.4, -0.2) is 24.1 Å². The Balaban J connectivity index is 2.06. The van der Waals surface area contributed by atoms with Crippen LogP contribution < -0.4 is 10.6 Å². The quantitative estimate of drug-likeness (QED) is 0.665. The van der Waals surface area contributed by atoms with Crippen molar-refractivity contribution in [2.24, 2.45) is 0 Å². The molecule has 1 saturated heterocycles. The lowest BCUT2D eigenvalue weighted by atomic mass is 10.1. The van der Waals surface area contributed by atoms with E-state index in [1.165, 1.54) is 25.0 Å². The summed E-state index contributed by atoms with van der Waals surface area (Å²) in [7, 11) is 0. The largest absolute Gasteiger partial charge is 0.380 e. The third-order valence-electron chi connectivity index (χ3n) is 3.07. The number of hydrogen-bond donors (Lipinski definition) is 2. The Morgan fingerprint density at radius 3 is 3.00 bits per heavy atom. The molecule has 0 aliphatic carbocycles. The van der Waals surface area contributed by atoms with Crippen LogP contribution in [0.4, 0.5) is 11.4 Å². The van der Waals surface area contributed by atoms with Crippen molar-refractivity contribution in [1.82, 2.24) is 5.32 Å². The number of non-ortho nitro benzene ring substituents is 1. The summed E-state index contributed by atoms with van der Waals surface area (Å²) >= 11 is 3.37. The lowest BCUT2D eigenvalue weighted by molar-refractivity contribution is -0.384. The molecule has 2 N–H and O–H groups in total. The molecule has 0 bridgehead atoms. The van der Waals surface area contributed by atoms with Crippen molar-refractivity contribution in [1.29, 1.82) is 0 Å². The van der Waals surface area contributed by atoms with Crippen LogP contribution >= 0.6 is 15.9 Å². The molecule has 98 valence electrons. The molecule has 1 aromatic carbocycles. The number of anilines is 1. The average molecular weight is 314 g/mol. The number of nitro benzene ring substituents is 1. The summed E-state index contributed by atoms with van der Waals surface area (Å²) in [6, 6.07) is 5.20. The Morgan fingerprint density at radius 2 is 2.28 bits per heavy atom. The Bertz CT molecular complexity index is 431. The standard InChI is InChI=1S/C12H16BrN3O2/c13-11-7-10(16(17)18)4-5-12(11)15-9-3-1-2-6-14-8-9/h4-5,7,9,14-15H,1-3,6,8H2. The molecule has 1 aromatic rings. The third kappa shape index (κ3) is 3.43. The highest BCUT2D eigenvalue weighted by Gasteiger charge is 2.14. The van der Waals surface area contributed by atoms with Gasteiger partial charge in [-0.05, 0) is 41.4 Å². The molecule has 6 heteroatoms. The lowest BCUT2D eigenvalue weighted by Gasteiger charge is -2.18. The van der Waals surface area contributed by atoms with E-state index in [0.717, 1.165) is 29.7 Å². The van der Waals surface area contributed by atoms with Gasteiger partial charge >= 0.3 is 0 Å². The highest BCUT2D eigenvalue weighted by Crippen LogP contribution is 2.28. The van der Waals surface area contributed by atoms with Crippen molar-refractivity contribution in [2.45, 2.75) is 25.3 Å². The monoisotopic (exact) mass is 313 g/mol. The molecular formula is C12H16BrN3O2. The van der Waals surface area contributed by atoms with Crippen molar-refractivity contribution in [3.63, 3.8) is 0 Å². The highest BCUT2D eigenvalue weighted by molar-refractivity contribution is 9.10. The smallest absolute Gasteiger partial charge is 0.270 e. The zero-order valence-electron chi connectivity index (χ0n) is 9.99. The molecule has 1 aliphatic rings. The molecule has 0 aromatic heterocycles. The summed E-state index contributed by atoms with van der Waals surface area (Å²) in [5.41, 5.74) is 1.01. The van der Waals surface area contributed by atoms with Crippen molar-refractivity contribution < 1.29 is 4.92 Å². The van der Waals surface area contributed by atoms with E-state index < -0.39 is 0 Å². The van der Waals surface area contributed by atoms with E-state index in [4.69, 9.17) is 0 Å². The van der Waals surface area contributed by atoms with Crippen molar-refractivity contribution >= 4 is 27.3 Å². The van der Waals surface area contributed by atoms with Gasteiger partial charge in [0.15, 0.2) is 0 Å². The second-order valence-corrected chi connectivity index (χ2v) is 5.32. The molecule has 1 atom stereocenters. The topological polar surface area (TPSA) is 67.2 Å². The molecule has 1 aliphatic heterocycles. The Labute approximate surface area is 114 Å². The fraction of sp³-hybridized carbons (Fsp3) is 0.500. The predicted octanol–water partition coefficient (Wildman–Crippen LogP) is 2.91. The minimum Gasteiger partial charge on any atom is -0.380 e. The zero-order valence-corrected chi connectivity index (χ0v) is 11.6. The van der Waals surface area contributed by atoms with Crippen LogP contribution in [0.3, 0.4) is 0 Å². The van der Waals surface area contributed by atoms with Crippen LogP contribution in [0.2, 0.25) is 0 Å². The number of nitrogens with zero attached hydrogens (tertiary/aromatic N) is 1. The maximum Gasteiger partial charge on any atom is 0.270 e. The fourth-order valence-corrected chi connectivity index (χ4v) is 2.58. The second-order valence-electron chi connectivity index (χ2n) is 4.46. The molecule has 0 saturated carbocycles. The van der Waals surface area contributed by atoms with E-state index in [1.807, 2.05) is 0 Å². The van der Waals surface area contributed by atoms with Crippen LogP contribution in [0.15, 0.2) is 22.7 Å². The molecule has 18 heavy (non-hydrogen) atoms. The number of halogens is 1. The molecule has 2 rings (SSSR count). The minimum absolute atomic E-state index is 0.103. The van der Waals surface area contributed by atoms with E-state index in [0.29, 0.717) is 6.04 Å².